The van der Waals surface area contributed by atoms with E-state index in [0.717, 1.165) is 38.5 Å². The summed E-state index contributed by atoms with van der Waals surface area (Å²) in [6, 6.07) is 0.0590. The quantitative estimate of drug-likeness (QED) is 0.848. The average molecular weight is 283 g/mol. The molecule has 3 rings (SSSR count). The zero-order valence-electron chi connectivity index (χ0n) is 11.1. The molecule has 0 amide bonds. The Labute approximate surface area is 116 Å². The van der Waals surface area contributed by atoms with Gasteiger partial charge in [0, 0.05) is 6.04 Å². The summed E-state index contributed by atoms with van der Waals surface area (Å²) in [4.78, 5) is 27.3. The number of nitrogens with one attached hydrogen (secondary N) is 1. The molecule has 2 aliphatic carbocycles. The molecule has 19 heavy (non-hydrogen) atoms. The van der Waals surface area contributed by atoms with Gasteiger partial charge in [-0.25, -0.2) is 4.79 Å². The van der Waals surface area contributed by atoms with Crippen LogP contribution in [0.1, 0.15) is 63.0 Å². The zero-order valence-corrected chi connectivity index (χ0v) is 11.9. The molecule has 1 N–H and O–H groups in total. The van der Waals surface area contributed by atoms with Crippen LogP contribution in [0, 0.1) is 5.92 Å². The number of halogens is 1. The molecule has 2 fully saturated rings. The second-order valence-electron chi connectivity index (χ2n) is 6.04. The fourth-order valence-corrected chi connectivity index (χ4v) is 3.82. The Morgan fingerprint density at radius 2 is 1.84 bits per heavy atom. The SMILES string of the molecule is CC1CC(n2c(=O)[nH]c(Cl)c(C3CCCC3)c2=O)C1. The lowest BCUT2D eigenvalue weighted by Crippen LogP contribution is -2.44. The normalized spacial score (nSPS) is 27.5. The number of nitrogens with zero attached hydrogens (tertiary/aromatic N) is 1. The minimum absolute atomic E-state index is 0.0590. The van der Waals surface area contributed by atoms with Crippen molar-refractivity contribution in [3.8, 4) is 0 Å². The van der Waals surface area contributed by atoms with Crippen molar-refractivity contribution in [3.05, 3.63) is 31.6 Å². The summed E-state index contributed by atoms with van der Waals surface area (Å²) in [5.41, 5.74) is 0.129. The average Bonchev–Trinajstić information content (AvgIpc) is 2.79. The highest BCUT2D eigenvalue weighted by Crippen LogP contribution is 2.37. The van der Waals surface area contributed by atoms with Crippen molar-refractivity contribution in [1.82, 2.24) is 9.55 Å². The number of aromatic nitrogens is 2. The fraction of sp³-hybridized carbons (Fsp3) is 0.714. The maximum absolute atomic E-state index is 12.6. The van der Waals surface area contributed by atoms with E-state index < -0.39 is 0 Å². The van der Waals surface area contributed by atoms with E-state index in [2.05, 4.69) is 11.9 Å². The molecule has 0 aromatic carbocycles. The van der Waals surface area contributed by atoms with Gasteiger partial charge in [-0.05, 0) is 37.5 Å². The highest BCUT2D eigenvalue weighted by molar-refractivity contribution is 6.30. The van der Waals surface area contributed by atoms with Gasteiger partial charge in [-0.1, -0.05) is 31.4 Å². The van der Waals surface area contributed by atoms with Crippen LogP contribution < -0.4 is 11.2 Å². The summed E-state index contributed by atoms with van der Waals surface area (Å²) >= 11 is 6.11. The lowest BCUT2D eigenvalue weighted by Gasteiger charge is -2.33. The second kappa shape index (κ2) is 4.82. The molecule has 0 saturated heterocycles. The van der Waals surface area contributed by atoms with E-state index >= 15 is 0 Å². The van der Waals surface area contributed by atoms with Crippen LogP contribution >= 0.6 is 11.6 Å². The van der Waals surface area contributed by atoms with Gasteiger partial charge in [0.15, 0.2) is 0 Å². The van der Waals surface area contributed by atoms with Crippen molar-refractivity contribution in [2.75, 3.05) is 0 Å². The van der Waals surface area contributed by atoms with Crippen LogP contribution in [-0.2, 0) is 0 Å². The summed E-state index contributed by atoms with van der Waals surface area (Å²) in [5.74, 6) is 0.822. The second-order valence-corrected chi connectivity index (χ2v) is 6.42. The van der Waals surface area contributed by atoms with Crippen molar-refractivity contribution in [2.45, 2.75) is 57.4 Å². The monoisotopic (exact) mass is 282 g/mol. The first kappa shape index (κ1) is 13.0. The van der Waals surface area contributed by atoms with Gasteiger partial charge in [-0.2, -0.15) is 0 Å². The Morgan fingerprint density at radius 3 is 2.42 bits per heavy atom. The maximum atomic E-state index is 12.6. The third kappa shape index (κ3) is 2.16. The summed E-state index contributed by atoms with van der Waals surface area (Å²) in [6.07, 6.45) is 6.10. The van der Waals surface area contributed by atoms with E-state index in [1.807, 2.05) is 0 Å². The molecule has 1 heterocycles. The lowest BCUT2D eigenvalue weighted by atomic mass is 9.81. The predicted octanol–water partition coefficient (Wildman–Crippen LogP) is 2.82. The molecule has 0 atom stereocenters. The van der Waals surface area contributed by atoms with Gasteiger partial charge in [0.25, 0.3) is 5.56 Å². The van der Waals surface area contributed by atoms with E-state index in [4.69, 9.17) is 11.6 Å². The van der Waals surface area contributed by atoms with Crippen LogP contribution in [0.2, 0.25) is 5.15 Å². The van der Waals surface area contributed by atoms with Crippen molar-refractivity contribution in [2.24, 2.45) is 5.92 Å². The number of hydrogen-bond donors (Lipinski definition) is 1. The molecule has 0 bridgehead atoms. The van der Waals surface area contributed by atoms with E-state index in [1.165, 1.54) is 4.57 Å². The molecule has 0 unspecified atom stereocenters. The first-order chi connectivity index (χ1) is 9.08. The predicted molar refractivity (Wildman–Crippen MR) is 75.0 cm³/mol. The third-order valence-electron chi connectivity index (χ3n) is 4.60. The van der Waals surface area contributed by atoms with Crippen LogP contribution in [0.25, 0.3) is 0 Å². The molecule has 5 heteroatoms. The lowest BCUT2D eigenvalue weighted by molar-refractivity contribution is 0.204. The van der Waals surface area contributed by atoms with Crippen molar-refractivity contribution in [3.63, 3.8) is 0 Å². The van der Waals surface area contributed by atoms with Gasteiger partial charge >= 0.3 is 5.69 Å². The largest absolute Gasteiger partial charge is 0.329 e. The van der Waals surface area contributed by atoms with Gasteiger partial charge < -0.3 is 0 Å². The van der Waals surface area contributed by atoms with Crippen molar-refractivity contribution >= 4 is 11.6 Å². The van der Waals surface area contributed by atoms with Gasteiger partial charge in [0.1, 0.15) is 5.15 Å². The van der Waals surface area contributed by atoms with Crippen LogP contribution in [0.3, 0.4) is 0 Å². The van der Waals surface area contributed by atoms with Crippen LogP contribution in [0.4, 0.5) is 0 Å². The summed E-state index contributed by atoms with van der Waals surface area (Å²) in [7, 11) is 0. The molecule has 104 valence electrons. The standard InChI is InChI=1S/C14H19ClN2O2/c1-8-6-10(7-8)17-13(18)11(9-4-2-3-5-9)12(15)16-14(17)19/h8-10H,2-7H2,1H3,(H,16,19). The van der Waals surface area contributed by atoms with E-state index in [9.17, 15) is 9.59 Å². The van der Waals surface area contributed by atoms with Crippen molar-refractivity contribution in [1.29, 1.82) is 0 Å². The van der Waals surface area contributed by atoms with E-state index in [0.29, 0.717) is 11.5 Å². The summed E-state index contributed by atoms with van der Waals surface area (Å²) in [5, 5.41) is 0.255. The van der Waals surface area contributed by atoms with Crippen molar-refractivity contribution < 1.29 is 0 Å². The van der Waals surface area contributed by atoms with E-state index in [-0.39, 0.29) is 28.4 Å². The number of hydrogen-bond acceptors (Lipinski definition) is 2. The molecule has 2 saturated carbocycles. The number of rotatable bonds is 2. The minimum atomic E-state index is -0.353. The Morgan fingerprint density at radius 1 is 1.21 bits per heavy atom. The molecule has 0 radical (unpaired) electrons. The Balaban J connectivity index is 2.07. The molecule has 1 aromatic heterocycles. The van der Waals surface area contributed by atoms with Crippen LogP contribution in [-0.4, -0.2) is 9.55 Å². The molecular formula is C14H19ClN2O2. The molecule has 2 aliphatic rings. The minimum Gasteiger partial charge on any atom is -0.297 e. The fourth-order valence-electron chi connectivity index (χ4n) is 3.51. The van der Waals surface area contributed by atoms with Gasteiger partial charge in [0.2, 0.25) is 0 Å². The smallest absolute Gasteiger partial charge is 0.297 e. The van der Waals surface area contributed by atoms with Gasteiger partial charge in [-0.3, -0.25) is 14.3 Å². The number of aromatic amines is 1. The third-order valence-corrected chi connectivity index (χ3v) is 4.90. The first-order valence-electron chi connectivity index (χ1n) is 7.12. The zero-order chi connectivity index (χ0) is 13.6. The molecule has 0 aliphatic heterocycles. The highest BCUT2D eigenvalue weighted by Gasteiger charge is 2.32. The number of H-pyrrole nitrogens is 1. The van der Waals surface area contributed by atoms with E-state index in [1.54, 1.807) is 0 Å². The first-order valence-corrected chi connectivity index (χ1v) is 7.50. The molecule has 0 spiro atoms. The Hall–Kier alpha value is -1.03. The van der Waals surface area contributed by atoms with Gasteiger partial charge in [0.05, 0.1) is 5.56 Å². The molecule has 4 nitrogen and oxygen atoms in total. The van der Waals surface area contributed by atoms with Crippen LogP contribution in [0.15, 0.2) is 9.59 Å². The maximum Gasteiger partial charge on any atom is 0.329 e. The van der Waals surface area contributed by atoms with Crippen LogP contribution in [0.5, 0.6) is 0 Å². The Bertz CT molecular complexity index is 592. The summed E-state index contributed by atoms with van der Waals surface area (Å²) < 4.78 is 1.40. The van der Waals surface area contributed by atoms with Gasteiger partial charge in [-0.15, -0.1) is 0 Å². The molecule has 1 aromatic rings. The topological polar surface area (TPSA) is 54.9 Å². The summed E-state index contributed by atoms with van der Waals surface area (Å²) in [6.45, 7) is 2.14. The highest BCUT2D eigenvalue weighted by atomic mass is 35.5. The Kier molecular flexibility index (Phi) is 3.29. The molecular weight excluding hydrogens is 264 g/mol.